The number of carbonyl (C=O) groups excluding carboxylic acids is 1. The zero-order valence-corrected chi connectivity index (χ0v) is 6.84. The highest BCUT2D eigenvalue weighted by Crippen LogP contribution is 2.25. The minimum atomic E-state index is -2.45. The summed E-state index contributed by atoms with van der Waals surface area (Å²) < 4.78 is 4.29. The van der Waals surface area contributed by atoms with Crippen molar-refractivity contribution in [1.82, 2.24) is 5.48 Å². The first-order valence-electron chi connectivity index (χ1n) is 3.54. The van der Waals surface area contributed by atoms with Gasteiger partial charge in [-0.1, -0.05) is 0 Å². The first-order valence-corrected chi connectivity index (χ1v) is 3.54. The van der Waals surface area contributed by atoms with Gasteiger partial charge >= 0.3 is 5.97 Å². The smallest absolute Gasteiger partial charge is 0.378 e. The predicted octanol–water partition coefficient (Wildman–Crippen LogP) is -2.10. The maximum atomic E-state index is 10.7. The Morgan fingerprint density at radius 1 is 1.50 bits per heavy atom. The Bertz CT molecular complexity index is 282. The molecule has 2 atom stereocenters. The van der Waals surface area contributed by atoms with Crippen LogP contribution in [0.25, 0.3) is 0 Å². The maximum Gasteiger partial charge on any atom is 0.378 e. The lowest BCUT2D eigenvalue weighted by Crippen LogP contribution is -2.57. The molecular weight excluding hydrogens is 198 g/mol. The third kappa shape index (κ3) is 1.40. The van der Waals surface area contributed by atoms with Crippen LogP contribution in [0.4, 0.5) is 0 Å². The van der Waals surface area contributed by atoms with Gasteiger partial charge in [-0.3, -0.25) is 0 Å². The van der Waals surface area contributed by atoms with Crippen LogP contribution in [-0.2, 0) is 9.53 Å². The summed E-state index contributed by atoms with van der Waals surface area (Å²) in [7, 11) is 0. The van der Waals surface area contributed by atoms with E-state index in [1.54, 1.807) is 0 Å². The topological polar surface area (TPSA) is 139 Å². The number of ether oxygens (including phenoxy) is 1. The second-order valence-electron chi connectivity index (χ2n) is 2.71. The number of cyclic esters (lactones) is 1. The first-order chi connectivity index (χ1) is 6.46. The predicted molar refractivity (Wildman–Crippen MR) is 39.1 cm³/mol. The molecule has 0 spiro atoms. The van der Waals surface area contributed by atoms with E-state index in [9.17, 15) is 9.90 Å². The summed E-state index contributed by atoms with van der Waals surface area (Å²) in [5, 5.41) is 44.4. The highest BCUT2D eigenvalue weighted by Gasteiger charge is 2.48. The lowest BCUT2D eigenvalue weighted by molar-refractivity contribution is -0.191. The van der Waals surface area contributed by atoms with Gasteiger partial charge in [0.2, 0.25) is 17.6 Å². The van der Waals surface area contributed by atoms with Crippen LogP contribution in [0, 0.1) is 0 Å². The van der Waals surface area contributed by atoms with Crippen LogP contribution >= 0.6 is 0 Å². The molecule has 0 amide bonds. The van der Waals surface area contributed by atoms with Gasteiger partial charge in [-0.15, -0.1) is 0 Å². The average Bonchev–Trinajstić information content (AvgIpc) is 2.45. The van der Waals surface area contributed by atoms with Crippen LogP contribution in [-0.4, -0.2) is 50.0 Å². The van der Waals surface area contributed by atoms with Crippen molar-refractivity contribution in [2.75, 3.05) is 6.61 Å². The lowest BCUT2D eigenvalue weighted by Gasteiger charge is -2.28. The standard InChI is InChI=1S/C6H9NO7/c8-1-6(12,7-13)4-2(9)3(10)5(11)14-4/h4,7-10,12-13H,1H2/t4-,6-/m0/s1. The van der Waals surface area contributed by atoms with E-state index in [1.165, 1.54) is 5.48 Å². The molecule has 0 aromatic carbocycles. The van der Waals surface area contributed by atoms with E-state index in [0.29, 0.717) is 0 Å². The van der Waals surface area contributed by atoms with Crippen molar-refractivity contribution in [3.05, 3.63) is 11.5 Å². The highest BCUT2D eigenvalue weighted by atomic mass is 16.6. The molecule has 8 nitrogen and oxygen atoms in total. The Hall–Kier alpha value is -1.35. The van der Waals surface area contributed by atoms with Crippen molar-refractivity contribution in [1.29, 1.82) is 0 Å². The number of aliphatic hydroxyl groups excluding tert-OH is 3. The lowest BCUT2D eigenvalue weighted by atomic mass is 10.1. The molecule has 1 heterocycles. The molecule has 8 heteroatoms. The van der Waals surface area contributed by atoms with Gasteiger partial charge in [0.05, 0.1) is 6.61 Å². The van der Waals surface area contributed by atoms with Gasteiger partial charge in [-0.25, -0.2) is 4.79 Å². The summed E-state index contributed by atoms with van der Waals surface area (Å²) in [5.41, 5.74) is -1.19. The maximum absolute atomic E-state index is 10.7. The molecule has 0 saturated heterocycles. The summed E-state index contributed by atoms with van der Waals surface area (Å²) in [6.07, 6.45) is -1.76. The molecule has 0 unspecified atom stereocenters. The van der Waals surface area contributed by atoms with Crippen LogP contribution in [0.1, 0.15) is 0 Å². The fourth-order valence-corrected chi connectivity index (χ4v) is 0.948. The number of carbonyl (C=O) groups is 1. The van der Waals surface area contributed by atoms with E-state index in [4.69, 9.17) is 20.5 Å². The largest absolute Gasteiger partial charge is 0.505 e. The number of hydrogen-bond acceptors (Lipinski definition) is 8. The van der Waals surface area contributed by atoms with Gasteiger partial charge in [0.1, 0.15) is 0 Å². The van der Waals surface area contributed by atoms with Gasteiger partial charge in [-0.2, -0.15) is 5.48 Å². The van der Waals surface area contributed by atoms with Crippen LogP contribution in [0.3, 0.4) is 0 Å². The Labute approximate surface area is 77.6 Å². The molecule has 80 valence electrons. The SMILES string of the molecule is O=C1O[C@H]([C@@](O)(CO)NO)C(O)=C1O. The molecule has 6 N–H and O–H groups in total. The Morgan fingerprint density at radius 3 is 2.36 bits per heavy atom. The molecule has 0 aromatic rings. The molecule has 0 radical (unpaired) electrons. The molecular formula is C6H9NO7. The van der Waals surface area contributed by atoms with E-state index in [1.807, 2.05) is 0 Å². The second-order valence-corrected chi connectivity index (χ2v) is 2.71. The number of hydrogen-bond donors (Lipinski definition) is 6. The molecule has 0 bridgehead atoms. The Morgan fingerprint density at radius 2 is 2.07 bits per heavy atom. The fraction of sp³-hybridized carbons (Fsp3) is 0.500. The highest BCUT2D eigenvalue weighted by molar-refractivity contribution is 5.89. The average molecular weight is 207 g/mol. The second kappa shape index (κ2) is 3.42. The molecule has 1 rings (SSSR count). The van der Waals surface area contributed by atoms with E-state index >= 15 is 0 Å². The van der Waals surface area contributed by atoms with Crippen LogP contribution < -0.4 is 5.48 Å². The third-order valence-electron chi connectivity index (χ3n) is 1.78. The third-order valence-corrected chi connectivity index (χ3v) is 1.78. The number of nitrogens with one attached hydrogen (secondary N) is 1. The summed E-state index contributed by atoms with van der Waals surface area (Å²) in [6, 6.07) is 0. The fourth-order valence-electron chi connectivity index (χ4n) is 0.948. The van der Waals surface area contributed by atoms with Crippen LogP contribution in [0.5, 0.6) is 0 Å². The minimum Gasteiger partial charge on any atom is -0.505 e. The number of rotatable bonds is 3. The van der Waals surface area contributed by atoms with Crippen molar-refractivity contribution >= 4 is 5.97 Å². The monoisotopic (exact) mass is 207 g/mol. The Balaban J connectivity index is 2.97. The van der Waals surface area contributed by atoms with Gasteiger partial charge in [0.15, 0.2) is 5.76 Å². The zero-order valence-electron chi connectivity index (χ0n) is 6.84. The van der Waals surface area contributed by atoms with E-state index in [2.05, 4.69) is 4.74 Å². The summed E-state index contributed by atoms with van der Waals surface area (Å²) >= 11 is 0. The first kappa shape index (κ1) is 10.7. The molecule has 0 saturated carbocycles. The summed E-state index contributed by atoms with van der Waals surface area (Å²) in [6.45, 7) is -1.04. The van der Waals surface area contributed by atoms with Crippen molar-refractivity contribution in [3.8, 4) is 0 Å². The zero-order chi connectivity index (χ0) is 10.9. The van der Waals surface area contributed by atoms with Crippen molar-refractivity contribution in [2.45, 2.75) is 11.8 Å². The van der Waals surface area contributed by atoms with Gasteiger partial charge in [0.25, 0.3) is 0 Å². The minimum absolute atomic E-state index is 0.965. The number of aliphatic hydroxyl groups is 4. The van der Waals surface area contributed by atoms with Crippen molar-refractivity contribution in [3.63, 3.8) is 0 Å². The Kier molecular flexibility index (Phi) is 2.62. The molecule has 0 aliphatic carbocycles. The van der Waals surface area contributed by atoms with E-state index < -0.39 is 35.9 Å². The van der Waals surface area contributed by atoms with E-state index in [0.717, 1.165) is 0 Å². The quantitative estimate of drug-likeness (QED) is 0.176. The van der Waals surface area contributed by atoms with Crippen LogP contribution in [0.2, 0.25) is 0 Å². The molecule has 0 fully saturated rings. The van der Waals surface area contributed by atoms with Gasteiger partial charge < -0.3 is 30.4 Å². The normalized spacial score (nSPS) is 26.2. The molecule has 0 aromatic heterocycles. The molecule has 1 aliphatic rings. The van der Waals surface area contributed by atoms with Crippen LogP contribution in [0.15, 0.2) is 11.5 Å². The number of hydroxylamine groups is 1. The van der Waals surface area contributed by atoms with E-state index in [-0.39, 0.29) is 0 Å². The van der Waals surface area contributed by atoms with Crippen molar-refractivity contribution < 1.29 is 35.2 Å². The number of esters is 1. The van der Waals surface area contributed by atoms with Crippen molar-refractivity contribution in [2.24, 2.45) is 0 Å². The summed E-state index contributed by atoms with van der Waals surface area (Å²) in [5.74, 6) is -3.29. The molecule has 1 aliphatic heterocycles. The van der Waals surface area contributed by atoms with Gasteiger partial charge in [0, 0.05) is 0 Å². The molecule has 14 heavy (non-hydrogen) atoms. The summed E-state index contributed by atoms with van der Waals surface area (Å²) in [4.78, 5) is 10.7. The van der Waals surface area contributed by atoms with Gasteiger partial charge in [-0.05, 0) is 0 Å².